The molecule has 1 aromatic rings. The Balaban J connectivity index is 2.50. The van der Waals surface area contributed by atoms with E-state index in [1.807, 2.05) is 0 Å². The zero-order valence-corrected chi connectivity index (χ0v) is 17.1. The summed E-state index contributed by atoms with van der Waals surface area (Å²) < 4.78 is 59.5. The van der Waals surface area contributed by atoms with Gasteiger partial charge in [-0.05, 0) is 42.5 Å². The van der Waals surface area contributed by atoms with E-state index >= 15 is 0 Å². The van der Waals surface area contributed by atoms with Gasteiger partial charge in [-0.25, -0.2) is 0 Å². The summed E-state index contributed by atoms with van der Waals surface area (Å²) >= 11 is 0. The van der Waals surface area contributed by atoms with Crippen LogP contribution >= 0.6 is 0 Å². The topological polar surface area (TPSA) is 49.8 Å². The van der Waals surface area contributed by atoms with Crippen molar-refractivity contribution >= 4 is 5.97 Å². The zero-order chi connectivity index (χ0) is 21.8. The molecule has 2 rings (SSSR count). The number of benzene rings is 1. The Morgan fingerprint density at radius 1 is 1.21 bits per heavy atom. The molecule has 29 heavy (non-hydrogen) atoms. The maximum atomic E-state index is 13.8. The van der Waals surface area contributed by atoms with E-state index in [-0.39, 0.29) is 36.4 Å². The Kier molecular flexibility index (Phi) is 7.54. The maximum Gasteiger partial charge on any atom is 0.416 e. The van der Waals surface area contributed by atoms with E-state index in [4.69, 9.17) is 4.74 Å². The van der Waals surface area contributed by atoms with Crippen LogP contribution in [0.1, 0.15) is 63.1 Å². The molecule has 0 aromatic heterocycles. The van der Waals surface area contributed by atoms with Crippen molar-refractivity contribution in [2.45, 2.75) is 70.6 Å². The first kappa shape index (κ1) is 23.4. The molecule has 4 nitrogen and oxygen atoms in total. The van der Waals surface area contributed by atoms with Crippen LogP contribution in [0.3, 0.4) is 0 Å². The molecule has 1 saturated heterocycles. The van der Waals surface area contributed by atoms with Gasteiger partial charge in [0.15, 0.2) is 0 Å². The number of halogens is 4. The molecule has 1 N–H and O–H groups in total. The van der Waals surface area contributed by atoms with E-state index in [0.717, 1.165) is 18.9 Å². The highest BCUT2D eigenvalue weighted by molar-refractivity contribution is 5.73. The van der Waals surface area contributed by atoms with Crippen molar-refractivity contribution in [2.24, 2.45) is 0 Å². The van der Waals surface area contributed by atoms with E-state index in [0.29, 0.717) is 13.0 Å². The summed E-state index contributed by atoms with van der Waals surface area (Å²) in [6.07, 6.45) is -2.41. The third-order valence-electron chi connectivity index (χ3n) is 5.12. The van der Waals surface area contributed by atoms with Crippen LogP contribution < -0.4 is 4.74 Å². The van der Waals surface area contributed by atoms with Crippen LogP contribution in [0.25, 0.3) is 0 Å². The average Bonchev–Trinajstić information content (AvgIpc) is 2.61. The Hall–Kier alpha value is -1.83. The zero-order valence-electron chi connectivity index (χ0n) is 17.1. The van der Waals surface area contributed by atoms with Gasteiger partial charge in [0.25, 0.3) is 0 Å². The monoisotopic (exact) mass is 419 g/mol. The highest BCUT2D eigenvalue weighted by Crippen LogP contribution is 2.41. The van der Waals surface area contributed by atoms with Crippen LogP contribution in [0.2, 0.25) is 0 Å². The molecule has 1 heterocycles. The Bertz CT molecular complexity index is 713. The van der Waals surface area contributed by atoms with E-state index in [1.165, 1.54) is 6.07 Å². The van der Waals surface area contributed by atoms with Crippen LogP contribution in [0, 0.1) is 0 Å². The molecular weight excluding hydrogens is 390 g/mol. The molecule has 8 heteroatoms. The fourth-order valence-electron chi connectivity index (χ4n) is 3.65. The lowest BCUT2D eigenvalue weighted by Crippen LogP contribution is -2.44. The lowest BCUT2D eigenvalue weighted by Gasteiger charge is -2.34. The molecule has 0 saturated carbocycles. The average molecular weight is 419 g/mol. The third-order valence-corrected chi connectivity index (χ3v) is 5.12. The van der Waals surface area contributed by atoms with Gasteiger partial charge in [-0.2, -0.15) is 13.2 Å². The number of carboxylic acids is 1. The molecule has 0 unspecified atom stereocenters. The van der Waals surface area contributed by atoms with E-state index in [9.17, 15) is 27.5 Å². The lowest BCUT2D eigenvalue weighted by molar-refractivity contribution is -0.145. The van der Waals surface area contributed by atoms with Crippen molar-refractivity contribution in [1.82, 2.24) is 4.90 Å². The van der Waals surface area contributed by atoms with Gasteiger partial charge >= 0.3 is 12.1 Å². The lowest BCUT2D eigenvalue weighted by atomic mass is 9.82. The third kappa shape index (κ3) is 6.07. The minimum Gasteiger partial charge on any atom is -0.493 e. The summed E-state index contributed by atoms with van der Waals surface area (Å²) in [6, 6.07) is 1.72. The predicted molar refractivity (Wildman–Crippen MR) is 102 cm³/mol. The van der Waals surface area contributed by atoms with Gasteiger partial charge in [-0.1, -0.05) is 27.2 Å². The Morgan fingerprint density at radius 2 is 1.90 bits per heavy atom. The molecule has 1 aliphatic rings. The first-order valence-electron chi connectivity index (χ1n) is 9.85. The molecule has 1 aromatic carbocycles. The smallest absolute Gasteiger partial charge is 0.416 e. The Morgan fingerprint density at radius 3 is 2.45 bits per heavy atom. The SMILES string of the molecule is CC(C)(C)c1cc(OCCCF)c(CN2CCCC[C@H]2C(=O)O)cc1C(F)(F)F. The molecule has 0 aliphatic carbocycles. The fourth-order valence-corrected chi connectivity index (χ4v) is 3.65. The second-order valence-corrected chi connectivity index (χ2v) is 8.46. The molecular formula is C21H29F4NO3. The van der Waals surface area contributed by atoms with Crippen molar-refractivity contribution in [2.75, 3.05) is 19.8 Å². The van der Waals surface area contributed by atoms with Crippen LogP contribution in [0.15, 0.2) is 12.1 Å². The van der Waals surface area contributed by atoms with Crippen molar-refractivity contribution in [3.05, 3.63) is 28.8 Å². The second kappa shape index (κ2) is 9.32. The van der Waals surface area contributed by atoms with Crippen LogP contribution in [0.5, 0.6) is 5.75 Å². The van der Waals surface area contributed by atoms with Gasteiger partial charge in [0.2, 0.25) is 0 Å². The molecule has 0 radical (unpaired) electrons. The Labute approximate surface area is 168 Å². The molecule has 1 atom stereocenters. The number of hydrogen-bond donors (Lipinski definition) is 1. The normalized spacial score (nSPS) is 18.7. The van der Waals surface area contributed by atoms with E-state index in [2.05, 4.69) is 0 Å². The number of nitrogens with zero attached hydrogens (tertiary/aromatic N) is 1. The number of aliphatic carboxylic acids is 1. The summed E-state index contributed by atoms with van der Waals surface area (Å²) in [7, 11) is 0. The predicted octanol–water partition coefficient (Wildman–Crippen LogP) is 5.18. The van der Waals surface area contributed by atoms with Gasteiger partial charge in [0.05, 0.1) is 18.8 Å². The number of carboxylic acid groups (broad SMARTS) is 1. The number of ether oxygens (including phenoxy) is 1. The summed E-state index contributed by atoms with van der Waals surface area (Å²) in [4.78, 5) is 13.2. The molecule has 0 amide bonds. The van der Waals surface area contributed by atoms with Crippen LogP contribution in [0.4, 0.5) is 17.6 Å². The van der Waals surface area contributed by atoms with Crippen LogP contribution in [-0.4, -0.2) is 41.8 Å². The minimum atomic E-state index is -4.55. The number of rotatable bonds is 7. The highest BCUT2D eigenvalue weighted by Gasteiger charge is 2.38. The number of likely N-dealkylation sites (tertiary alicyclic amines) is 1. The molecule has 0 spiro atoms. The van der Waals surface area contributed by atoms with Gasteiger partial charge in [0, 0.05) is 18.5 Å². The summed E-state index contributed by atoms with van der Waals surface area (Å²) in [5.74, 6) is -0.724. The van der Waals surface area contributed by atoms with Gasteiger partial charge in [-0.15, -0.1) is 0 Å². The first-order valence-corrected chi connectivity index (χ1v) is 9.85. The van der Waals surface area contributed by atoms with Gasteiger partial charge < -0.3 is 9.84 Å². The quantitative estimate of drug-likeness (QED) is 0.489. The van der Waals surface area contributed by atoms with Crippen LogP contribution in [-0.2, 0) is 22.9 Å². The standard InChI is InChI=1S/C21H29F4NO3/c1-20(2,3)15-12-18(29-10-6-8-22)14(11-16(15)21(23,24)25)13-26-9-5-4-7-17(26)19(27)28/h11-12,17H,4-10,13H2,1-3H3,(H,27,28)/t17-/m0/s1. The number of carbonyl (C=O) groups is 1. The van der Waals surface area contributed by atoms with Crippen molar-refractivity contribution in [1.29, 1.82) is 0 Å². The summed E-state index contributed by atoms with van der Waals surface area (Å²) in [5.41, 5.74) is -1.16. The number of piperidine rings is 1. The van der Waals surface area contributed by atoms with E-state index in [1.54, 1.807) is 25.7 Å². The second-order valence-electron chi connectivity index (χ2n) is 8.46. The highest BCUT2D eigenvalue weighted by atomic mass is 19.4. The summed E-state index contributed by atoms with van der Waals surface area (Å²) in [6.45, 7) is 5.05. The van der Waals surface area contributed by atoms with E-state index < -0.39 is 35.8 Å². The maximum absolute atomic E-state index is 13.8. The molecule has 0 bridgehead atoms. The largest absolute Gasteiger partial charge is 0.493 e. The van der Waals surface area contributed by atoms with Crippen molar-refractivity contribution < 1.29 is 32.2 Å². The fraction of sp³-hybridized carbons (Fsp3) is 0.667. The molecule has 164 valence electrons. The molecule has 1 fully saturated rings. The van der Waals surface area contributed by atoms with Gasteiger partial charge in [-0.3, -0.25) is 14.1 Å². The van der Waals surface area contributed by atoms with Gasteiger partial charge in [0.1, 0.15) is 11.8 Å². The number of alkyl halides is 4. The van der Waals surface area contributed by atoms with Crippen molar-refractivity contribution in [3.63, 3.8) is 0 Å². The molecule has 1 aliphatic heterocycles. The minimum absolute atomic E-state index is 0.0371. The van der Waals surface area contributed by atoms with Crippen molar-refractivity contribution in [3.8, 4) is 5.75 Å². The number of hydrogen-bond acceptors (Lipinski definition) is 3. The summed E-state index contributed by atoms with van der Waals surface area (Å²) in [5, 5.41) is 9.47. The first-order chi connectivity index (χ1) is 13.4.